The zero-order chi connectivity index (χ0) is 20.2. The Labute approximate surface area is 158 Å². The van der Waals surface area contributed by atoms with Gasteiger partial charge in [0, 0.05) is 25.7 Å². The Morgan fingerprint density at radius 3 is 2.70 bits per heavy atom. The monoisotopic (exact) mass is 405 g/mol. The highest BCUT2D eigenvalue weighted by Crippen LogP contribution is 2.34. The Kier molecular flexibility index (Phi) is 6.47. The average Bonchev–Trinajstić information content (AvgIpc) is 2.93. The van der Waals surface area contributed by atoms with Gasteiger partial charge in [-0.15, -0.1) is 0 Å². The van der Waals surface area contributed by atoms with E-state index in [0.717, 1.165) is 0 Å². The molecule has 0 aliphatic rings. The number of nitrogens with one attached hydrogen (secondary N) is 2. The second-order valence-corrected chi connectivity index (χ2v) is 6.20. The van der Waals surface area contributed by atoms with E-state index in [4.69, 9.17) is 17.3 Å². The number of nitrogens with two attached hydrogens (primary N) is 1. The fourth-order valence-corrected chi connectivity index (χ4v) is 2.48. The van der Waals surface area contributed by atoms with Crippen LogP contribution >= 0.6 is 11.6 Å². The van der Waals surface area contributed by atoms with Crippen molar-refractivity contribution in [3.05, 3.63) is 23.1 Å². The number of aryl methyl sites for hydroxylation is 1. The molecular formula is C15H19ClF3N7O. The van der Waals surface area contributed by atoms with E-state index in [9.17, 15) is 18.0 Å². The highest BCUT2D eigenvalue weighted by molar-refractivity contribution is 6.32. The van der Waals surface area contributed by atoms with Crippen LogP contribution in [0.2, 0.25) is 5.15 Å². The maximum atomic E-state index is 12.9. The van der Waals surface area contributed by atoms with Gasteiger partial charge in [-0.05, 0) is 12.8 Å². The second-order valence-electron chi connectivity index (χ2n) is 5.85. The predicted molar refractivity (Wildman–Crippen MR) is 94.7 cm³/mol. The molecule has 0 spiro atoms. The number of aromatic nitrogens is 4. The van der Waals surface area contributed by atoms with Gasteiger partial charge in [0.05, 0.1) is 11.9 Å². The molecule has 8 nitrogen and oxygen atoms in total. The number of rotatable bonds is 8. The van der Waals surface area contributed by atoms with Gasteiger partial charge in [-0.25, -0.2) is 4.98 Å². The van der Waals surface area contributed by atoms with Gasteiger partial charge in [-0.2, -0.15) is 23.3 Å². The Hall–Kier alpha value is -2.56. The van der Waals surface area contributed by atoms with Crippen molar-refractivity contribution in [3.63, 3.8) is 0 Å². The lowest BCUT2D eigenvalue weighted by molar-refractivity contribution is -0.137. The summed E-state index contributed by atoms with van der Waals surface area (Å²) in [5, 5.41) is 9.49. The summed E-state index contributed by atoms with van der Waals surface area (Å²) in [5.41, 5.74) is 4.59. The van der Waals surface area contributed by atoms with Gasteiger partial charge in [-0.3, -0.25) is 9.48 Å². The number of nitrogens with zero attached hydrogens (tertiary/aromatic N) is 4. The van der Waals surface area contributed by atoms with Gasteiger partial charge in [-0.1, -0.05) is 18.5 Å². The molecule has 0 aliphatic carbocycles. The van der Waals surface area contributed by atoms with Crippen molar-refractivity contribution in [2.24, 2.45) is 11.7 Å². The van der Waals surface area contributed by atoms with E-state index >= 15 is 0 Å². The van der Waals surface area contributed by atoms with Crippen LogP contribution in [0.3, 0.4) is 0 Å². The number of carbonyl (C=O) groups is 1. The summed E-state index contributed by atoms with van der Waals surface area (Å²) < 4.78 is 40.1. The van der Waals surface area contributed by atoms with Crippen LogP contribution in [0.5, 0.6) is 0 Å². The van der Waals surface area contributed by atoms with Crippen LogP contribution in [-0.2, 0) is 17.5 Å². The molecular weight excluding hydrogens is 387 g/mol. The van der Waals surface area contributed by atoms with Crippen molar-refractivity contribution in [3.8, 4) is 0 Å². The van der Waals surface area contributed by atoms with Crippen molar-refractivity contribution in [1.29, 1.82) is 0 Å². The molecule has 148 valence electrons. The van der Waals surface area contributed by atoms with Crippen molar-refractivity contribution in [2.45, 2.75) is 32.5 Å². The zero-order valence-corrected chi connectivity index (χ0v) is 15.4. The Balaban J connectivity index is 2.08. The lowest BCUT2D eigenvalue weighted by Crippen LogP contribution is -2.20. The highest BCUT2D eigenvalue weighted by atomic mass is 35.5. The molecule has 0 aromatic carbocycles. The van der Waals surface area contributed by atoms with Gasteiger partial charge in [0.15, 0.2) is 5.15 Å². The summed E-state index contributed by atoms with van der Waals surface area (Å²) in [6.45, 7) is 2.19. The quantitative estimate of drug-likeness (QED) is 0.622. The third-order valence-corrected chi connectivity index (χ3v) is 4.24. The molecule has 27 heavy (non-hydrogen) atoms. The van der Waals surface area contributed by atoms with E-state index in [1.165, 1.54) is 17.9 Å². The van der Waals surface area contributed by atoms with Crippen LogP contribution in [0.25, 0.3) is 0 Å². The van der Waals surface area contributed by atoms with E-state index in [-0.39, 0.29) is 28.7 Å². The van der Waals surface area contributed by atoms with Crippen molar-refractivity contribution < 1.29 is 18.0 Å². The lowest BCUT2D eigenvalue weighted by Gasteiger charge is -2.12. The minimum absolute atomic E-state index is 0.0591. The number of carbonyl (C=O) groups excluding carboxylic acids is 1. The van der Waals surface area contributed by atoms with Crippen LogP contribution in [0.15, 0.2) is 12.4 Å². The molecule has 4 N–H and O–H groups in total. The summed E-state index contributed by atoms with van der Waals surface area (Å²) in [6.07, 6.45) is -1.25. The van der Waals surface area contributed by atoms with Gasteiger partial charge in [0.2, 0.25) is 11.9 Å². The standard InChI is InChI=1S/C15H19ClF3N7O/c1-8(12(20)27)4-3-5-26-11(16)10(7-23-26)24-14-22-6-9(15(17,18)19)13(21-2)25-14/h6-8H,3-5H2,1-2H3,(H2,20,27)(H2,21,22,24,25). The second kappa shape index (κ2) is 8.42. The van der Waals surface area contributed by atoms with E-state index in [1.807, 2.05) is 0 Å². The number of hydrogen-bond donors (Lipinski definition) is 3. The Morgan fingerprint density at radius 1 is 1.41 bits per heavy atom. The Morgan fingerprint density at radius 2 is 2.11 bits per heavy atom. The number of hydrogen-bond acceptors (Lipinski definition) is 6. The topological polar surface area (TPSA) is 111 Å². The maximum absolute atomic E-state index is 12.9. The van der Waals surface area contributed by atoms with Crippen LogP contribution in [0, 0.1) is 5.92 Å². The number of primary amides is 1. The van der Waals surface area contributed by atoms with E-state index in [1.54, 1.807) is 6.92 Å². The van der Waals surface area contributed by atoms with Crippen LogP contribution < -0.4 is 16.4 Å². The number of amides is 1. The fourth-order valence-electron chi connectivity index (χ4n) is 2.26. The summed E-state index contributed by atoms with van der Waals surface area (Å²) in [4.78, 5) is 18.5. The third kappa shape index (κ3) is 5.22. The molecule has 1 unspecified atom stereocenters. The predicted octanol–water partition coefficient (Wildman–Crippen LogP) is 3.03. The van der Waals surface area contributed by atoms with E-state index in [0.29, 0.717) is 31.3 Å². The molecule has 0 aliphatic heterocycles. The molecule has 1 amide bonds. The van der Waals surface area contributed by atoms with Crippen LogP contribution in [0.4, 0.5) is 30.6 Å². The lowest BCUT2D eigenvalue weighted by atomic mass is 10.1. The van der Waals surface area contributed by atoms with Gasteiger partial charge in [0.1, 0.15) is 11.4 Å². The first-order chi connectivity index (χ1) is 12.6. The summed E-state index contributed by atoms with van der Waals surface area (Å²) >= 11 is 6.22. The molecule has 1 atom stereocenters. The first-order valence-corrected chi connectivity index (χ1v) is 8.41. The Bertz CT molecular complexity index is 809. The SMILES string of the molecule is CNc1nc(Nc2cnn(CCCC(C)C(N)=O)c2Cl)ncc1C(F)(F)F. The normalized spacial score (nSPS) is 12.7. The van der Waals surface area contributed by atoms with Gasteiger partial charge >= 0.3 is 6.18 Å². The number of alkyl halides is 3. The molecule has 0 saturated heterocycles. The smallest absolute Gasteiger partial charge is 0.372 e. The molecule has 0 bridgehead atoms. The minimum atomic E-state index is -4.57. The van der Waals surface area contributed by atoms with Gasteiger partial charge < -0.3 is 16.4 Å². The largest absolute Gasteiger partial charge is 0.421 e. The summed E-state index contributed by atoms with van der Waals surface area (Å²) in [6, 6.07) is 0. The van der Waals surface area contributed by atoms with E-state index < -0.39 is 11.7 Å². The first-order valence-electron chi connectivity index (χ1n) is 8.03. The number of halogens is 4. The van der Waals surface area contributed by atoms with Crippen LogP contribution in [0.1, 0.15) is 25.3 Å². The van der Waals surface area contributed by atoms with Crippen molar-refractivity contribution >= 4 is 35.0 Å². The molecule has 2 heterocycles. The summed E-state index contributed by atoms with van der Waals surface area (Å²) in [5.74, 6) is -1.04. The maximum Gasteiger partial charge on any atom is 0.421 e. The molecule has 0 saturated carbocycles. The molecule has 2 aromatic rings. The summed E-state index contributed by atoms with van der Waals surface area (Å²) in [7, 11) is 1.33. The molecule has 2 aromatic heterocycles. The average molecular weight is 406 g/mol. The molecule has 0 fully saturated rings. The highest BCUT2D eigenvalue weighted by Gasteiger charge is 2.35. The molecule has 12 heteroatoms. The van der Waals surface area contributed by atoms with Crippen LogP contribution in [-0.4, -0.2) is 32.7 Å². The number of anilines is 3. The zero-order valence-electron chi connectivity index (χ0n) is 14.6. The minimum Gasteiger partial charge on any atom is -0.372 e. The molecule has 0 radical (unpaired) electrons. The fraction of sp³-hybridized carbons (Fsp3) is 0.467. The van der Waals surface area contributed by atoms with Crippen molar-refractivity contribution in [1.82, 2.24) is 19.7 Å². The first kappa shape index (κ1) is 20.7. The third-order valence-electron chi connectivity index (χ3n) is 3.85. The van der Waals surface area contributed by atoms with Crippen molar-refractivity contribution in [2.75, 3.05) is 17.7 Å². The molecule has 2 rings (SSSR count). The van der Waals surface area contributed by atoms with Gasteiger partial charge in [0.25, 0.3) is 0 Å². The van der Waals surface area contributed by atoms with E-state index in [2.05, 4.69) is 25.7 Å².